The number of amides is 1. The van der Waals surface area contributed by atoms with E-state index in [1.165, 1.54) is 6.07 Å². The Morgan fingerprint density at radius 2 is 2.21 bits per heavy atom. The largest absolute Gasteiger partial charge is 0.337 e. The molecule has 1 aromatic carbocycles. The Labute approximate surface area is 130 Å². The highest BCUT2D eigenvalue weighted by Crippen LogP contribution is 2.26. The maximum Gasteiger partial charge on any atom is 0.255 e. The Kier molecular flexibility index (Phi) is 6.05. The standard InChI is InChI=1S/C12H13BrClFN2O.ClH/c13-9-5-10(14)8(4-11(9)15)12(18)17-3-1-2-7(16)6-17;/h4-5,7H,1-3,6,16H2;1H/t7-;/m0./s1. The van der Waals surface area contributed by atoms with Crippen LogP contribution in [0.5, 0.6) is 0 Å². The summed E-state index contributed by atoms with van der Waals surface area (Å²) in [4.78, 5) is 13.9. The number of hydrogen-bond acceptors (Lipinski definition) is 2. The highest BCUT2D eigenvalue weighted by atomic mass is 79.9. The molecule has 1 saturated heterocycles. The maximum absolute atomic E-state index is 13.5. The van der Waals surface area contributed by atoms with Crippen LogP contribution in [0.1, 0.15) is 23.2 Å². The molecular weight excluding hydrogens is 358 g/mol. The number of rotatable bonds is 1. The van der Waals surface area contributed by atoms with E-state index in [0.29, 0.717) is 13.1 Å². The average molecular weight is 372 g/mol. The van der Waals surface area contributed by atoms with Crippen molar-refractivity contribution < 1.29 is 9.18 Å². The van der Waals surface area contributed by atoms with Gasteiger partial charge in [0.05, 0.1) is 15.1 Å². The summed E-state index contributed by atoms with van der Waals surface area (Å²) in [6.07, 6.45) is 1.77. The fraction of sp³-hybridized carbons (Fsp3) is 0.417. The number of nitrogens with two attached hydrogens (primary N) is 1. The number of piperidine rings is 1. The summed E-state index contributed by atoms with van der Waals surface area (Å²) >= 11 is 9.01. The van der Waals surface area contributed by atoms with E-state index in [1.807, 2.05) is 0 Å². The lowest BCUT2D eigenvalue weighted by atomic mass is 10.1. The topological polar surface area (TPSA) is 46.3 Å². The predicted molar refractivity (Wildman–Crippen MR) is 79.5 cm³/mol. The average Bonchev–Trinajstić information content (AvgIpc) is 2.33. The Hall–Kier alpha value is -0.360. The van der Waals surface area contributed by atoms with E-state index in [0.717, 1.165) is 18.9 Å². The molecule has 19 heavy (non-hydrogen) atoms. The molecule has 0 spiro atoms. The highest BCUT2D eigenvalue weighted by molar-refractivity contribution is 9.10. The summed E-state index contributed by atoms with van der Waals surface area (Å²) in [5, 5.41) is 0.243. The highest BCUT2D eigenvalue weighted by Gasteiger charge is 2.24. The summed E-state index contributed by atoms with van der Waals surface area (Å²) in [6, 6.07) is 2.55. The fourth-order valence-electron chi connectivity index (χ4n) is 2.05. The second-order valence-corrected chi connectivity index (χ2v) is 5.66. The SMILES string of the molecule is Cl.N[C@H]1CCCN(C(=O)c2cc(F)c(Br)cc2Cl)C1. The van der Waals surface area contributed by atoms with Gasteiger partial charge in [0.2, 0.25) is 0 Å². The molecule has 2 N–H and O–H groups in total. The summed E-state index contributed by atoms with van der Waals surface area (Å²) < 4.78 is 13.7. The maximum atomic E-state index is 13.5. The molecule has 0 radical (unpaired) electrons. The molecule has 1 aliphatic rings. The van der Waals surface area contributed by atoms with E-state index in [2.05, 4.69) is 15.9 Å². The van der Waals surface area contributed by atoms with Crippen molar-refractivity contribution in [2.24, 2.45) is 5.73 Å². The normalized spacial score (nSPS) is 18.9. The van der Waals surface area contributed by atoms with Crippen LogP contribution >= 0.6 is 39.9 Å². The smallest absolute Gasteiger partial charge is 0.255 e. The van der Waals surface area contributed by atoms with Crippen LogP contribution in [0.2, 0.25) is 5.02 Å². The molecular formula is C12H14BrCl2FN2O. The number of carbonyl (C=O) groups excluding carboxylic acids is 1. The van der Waals surface area contributed by atoms with Crippen LogP contribution in [0.4, 0.5) is 4.39 Å². The van der Waals surface area contributed by atoms with Crippen molar-refractivity contribution in [3.8, 4) is 0 Å². The van der Waals surface area contributed by atoms with Crippen LogP contribution in [0.25, 0.3) is 0 Å². The first-order chi connectivity index (χ1) is 8.49. The van der Waals surface area contributed by atoms with Gasteiger partial charge < -0.3 is 10.6 Å². The summed E-state index contributed by atoms with van der Waals surface area (Å²) in [5.74, 6) is -0.759. The van der Waals surface area contributed by atoms with E-state index in [1.54, 1.807) is 4.90 Å². The number of benzene rings is 1. The minimum absolute atomic E-state index is 0. The van der Waals surface area contributed by atoms with Gasteiger partial charge in [-0.25, -0.2) is 4.39 Å². The lowest BCUT2D eigenvalue weighted by Gasteiger charge is -2.31. The second-order valence-electron chi connectivity index (χ2n) is 4.40. The Bertz CT molecular complexity index is 487. The molecule has 0 unspecified atom stereocenters. The van der Waals surface area contributed by atoms with Gasteiger partial charge in [-0.05, 0) is 40.9 Å². The molecule has 1 heterocycles. The zero-order chi connectivity index (χ0) is 13.3. The van der Waals surface area contributed by atoms with E-state index >= 15 is 0 Å². The minimum Gasteiger partial charge on any atom is -0.337 e. The van der Waals surface area contributed by atoms with Gasteiger partial charge >= 0.3 is 0 Å². The van der Waals surface area contributed by atoms with Crippen LogP contribution in [-0.2, 0) is 0 Å². The van der Waals surface area contributed by atoms with Crippen LogP contribution in [-0.4, -0.2) is 29.9 Å². The quantitative estimate of drug-likeness (QED) is 0.770. The van der Waals surface area contributed by atoms with E-state index < -0.39 is 5.82 Å². The van der Waals surface area contributed by atoms with Gasteiger partial charge in [0, 0.05) is 19.1 Å². The van der Waals surface area contributed by atoms with Gasteiger partial charge in [-0.1, -0.05) is 11.6 Å². The van der Waals surface area contributed by atoms with Gasteiger partial charge in [0.1, 0.15) is 5.82 Å². The third-order valence-corrected chi connectivity index (χ3v) is 3.91. The zero-order valence-corrected chi connectivity index (χ0v) is 13.2. The second kappa shape index (κ2) is 6.88. The van der Waals surface area contributed by atoms with Crippen molar-refractivity contribution in [2.45, 2.75) is 18.9 Å². The Morgan fingerprint density at radius 3 is 2.84 bits per heavy atom. The zero-order valence-electron chi connectivity index (χ0n) is 10.0. The van der Waals surface area contributed by atoms with Crippen LogP contribution in [0.3, 0.4) is 0 Å². The van der Waals surface area contributed by atoms with Gasteiger partial charge in [0.25, 0.3) is 5.91 Å². The predicted octanol–water partition coefficient (Wildman–Crippen LogP) is 3.23. The third-order valence-electron chi connectivity index (χ3n) is 2.99. The number of nitrogens with zero attached hydrogens (tertiary/aromatic N) is 1. The first kappa shape index (κ1) is 16.7. The molecule has 2 rings (SSSR count). The van der Waals surface area contributed by atoms with Gasteiger partial charge in [-0.3, -0.25) is 4.79 Å². The van der Waals surface area contributed by atoms with Gasteiger partial charge in [0.15, 0.2) is 0 Å². The Balaban J connectivity index is 0.00000180. The summed E-state index contributed by atoms with van der Waals surface area (Å²) in [6.45, 7) is 1.13. The molecule has 7 heteroatoms. The van der Waals surface area contributed by atoms with Crippen LogP contribution in [0, 0.1) is 5.82 Å². The third kappa shape index (κ3) is 3.81. The summed E-state index contributed by atoms with van der Waals surface area (Å²) in [5.41, 5.74) is 6.01. The van der Waals surface area contributed by atoms with Crippen molar-refractivity contribution in [1.29, 1.82) is 0 Å². The molecule has 1 aromatic rings. The lowest BCUT2D eigenvalue weighted by Crippen LogP contribution is -2.45. The van der Waals surface area contributed by atoms with Crippen molar-refractivity contribution in [3.63, 3.8) is 0 Å². The first-order valence-corrected chi connectivity index (χ1v) is 6.85. The van der Waals surface area contributed by atoms with E-state index in [-0.39, 0.29) is 39.4 Å². The molecule has 0 bridgehead atoms. The number of likely N-dealkylation sites (tertiary alicyclic amines) is 1. The number of halogens is 4. The summed E-state index contributed by atoms with van der Waals surface area (Å²) in [7, 11) is 0. The van der Waals surface area contributed by atoms with E-state index in [4.69, 9.17) is 17.3 Å². The van der Waals surface area contributed by atoms with Crippen molar-refractivity contribution in [1.82, 2.24) is 4.90 Å². The Morgan fingerprint density at radius 1 is 1.53 bits per heavy atom. The monoisotopic (exact) mass is 370 g/mol. The molecule has 3 nitrogen and oxygen atoms in total. The first-order valence-electron chi connectivity index (χ1n) is 5.68. The molecule has 1 atom stereocenters. The van der Waals surface area contributed by atoms with Crippen LogP contribution < -0.4 is 5.73 Å². The molecule has 106 valence electrons. The molecule has 0 aliphatic carbocycles. The van der Waals surface area contributed by atoms with Crippen molar-refractivity contribution in [3.05, 3.63) is 33.0 Å². The minimum atomic E-state index is -0.496. The molecule has 1 amide bonds. The van der Waals surface area contributed by atoms with E-state index in [9.17, 15) is 9.18 Å². The van der Waals surface area contributed by atoms with Crippen molar-refractivity contribution >= 4 is 45.8 Å². The number of hydrogen-bond donors (Lipinski definition) is 1. The fourth-order valence-corrected chi connectivity index (χ4v) is 2.77. The molecule has 1 aliphatic heterocycles. The van der Waals surface area contributed by atoms with Crippen molar-refractivity contribution in [2.75, 3.05) is 13.1 Å². The van der Waals surface area contributed by atoms with Gasteiger partial charge in [-0.15, -0.1) is 12.4 Å². The molecule has 0 aromatic heterocycles. The van der Waals surface area contributed by atoms with Crippen LogP contribution in [0.15, 0.2) is 16.6 Å². The lowest BCUT2D eigenvalue weighted by molar-refractivity contribution is 0.0708. The molecule has 1 fully saturated rings. The number of carbonyl (C=O) groups is 1. The van der Waals surface area contributed by atoms with Gasteiger partial charge in [-0.2, -0.15) is 0 Å². The molecule has 0 saturated carbocycles.